The maximum atomic E-state index is 9.28. The fourth-order valence-electron chi connectivity index (χ4n) is 1.28. The molecule has 1 rings (SSSR count). The summed E-state index contributed by atoms with van der Waals surface area (Å²) in [6.45, 7) is 0. The number of anilines is 1. The van der Waals surface area contributed by atoms with Crippen LogP contribution < -0.4 is 10.9 Å². The van der Waals surface area contributed by atoms with E-state index in [4.69, 9.17) is 14.6 Å². The minimum atomic E-state index is -2.62. The normalized spacial score (nSPS) is 11.6. The summed E-state index contributed by atoms with van der Waals surface area (Å²) in [7, 11) is 0.471. The molecule has 0 aliphatic heterocycles. The molecule has 0 heterocycles. The molecule has 0 aliphatic rings. The van der Waals surface area contributed by atoms with Crippen molar-refractivity contribution < 1.29 is 14.0 Å². The minimum Gasteiger partial charge on any atom is -0.399 e. The van der Waals surface area contributed by atoms with Crippen LogP contribution >= 0.6 is 0 Å². The summed E-state index contributed by atoms with van der Waals surface area (Å²) in [6, 6.07) is 7.19. The molecule has 78 valence electrons. The smallest absolute Gasteiger partial charge is 0.398 e. The molecule has 3 N–H and O–H groups in total. The number of aliphatic hydroxyl groups excluding tert-OH is 1. The Morgan fingerprint density at radius 1 is 1.21 bits per heavy atom. The van der Waals surface area contributed by atoms with Crippen LogP contribution in [0.15, 0.2) is 24.3 Å². The molecule has 1 aromatic rings. The van der Waals surface area contributed by atoms with Crippen LogP contribution in [0, 0.1) is 0 Å². The summed E-state index contributed by atoms with van der Waals surface area (Å²) >= 11 is 0. The van der Waals surface area contributed by atoms with Crippen LogP contribution in [0.25, 0.3) is 0 Å². The van der Waals surface area contributed by atoms with Crippen molar-refractivity contribution in [3.05, 3.63) is 24.3 Å². The molecule has 0 unspecified atom stereocenters. The quantitative estimate of drug-likeness (QED) is 0.534. The molecule has 0 fully saturated rings. The van der Waals surface area contributed by atoms with Crippen LogP contribution in [-0.2, 0) is 8.85 Å². The van der Waals surface area contributed by atoms with Crippen LogP contribution in [0.2, 0.25) is 0 Å². The third-order valence-corrected chi connectivity index (χ3v) is 5.17. The highest BCUT2D eigenvalue weighted by Crippen LogP contribution is 2.07. The average molecular weight is 213 g/mol. The van der Waals surface area contributed by atoms with Crippen LogP contribution in [0.4, 0.5) is 5.69 Å². The van der Waals surface area contributed by atoms with Gasteiger partial charge in [-0.15, -0.1) is 0 Å². The van der Waals surface area contributed by atoms with Gasteiger partial charge in [0, 0.05) is 19.9 Å². The Balaban J connectivity index is 3.05. The maximum absolute atomic E-state index is 9.28. The Kier molecular flexibility index (Phi) is 3.65. The molecule has 0 saturated carbocycles. The van der Waals surface area contributed by atoms with E-state index in [-0.39, 0.29) is 6.23 Å². The van der Waals surface area contributed by atoms with Crippen molar-refractivity contribution in [2.45, 2.75) is 0 Å². The van der Waals surface area contributed by atoms with Crippen molar-refractivity contribution in [1.29, 1.82) is 0 Å². The Labute approximate surface area is 84.5 Å². The van der Waals surface area contributed by atoms with Crippen molar-refractivity contribution in [3.8, 4) is 0 Å². The first-order valence-electron chi connectivity index (χ1n) is 4.25. The van der Waals surface area contributed by atoms with Crippen molar-refractivity contribution in [1.82, 2.24) is 0 Å². The summed E-state index contributed by atoms with van der Waals surface area (Å²) < 4.78 is 10.6. The first kappa shape index (κ1) is 11.2. The number of nitrogen functional groups attached to an aromatic ring is 1. The molecule has 0 saturated heterocycles. The lowest BCUT2D eigenvalue weighted by atomic mass is 10.3. The molecule has 4 nitrogen and oxygen atoms in total. The van der Waals surface area contributed by atoms with E-state index in [2.05, 4.69) is 0 Å². The summed E-state index contributed by atoms with van der Waals surface area (Å²) in [5.41, 5.74) is 6.25. The van der Waals surface area contributed by atoms with E-state index in [1.165, 1.54) is 0 Å². The molecule has 1 aromatic carbocycles. The molecule has 0 atom stereocenters. The number of nitrogens with two attached hydrogens (primary N) is 1. The van der Waals surface area contributed by atoms with Gasteiger partial charge in [-0.3, -0.25) is 0 Å². The molecule has 0 aliphatic carbocycles. The fraction of sp³-hybridized carbons (Fsp3) is 0.333. The lowest BCUT2D eigenvalue weighted by Crippen LogP contribution is -2.56. The van der Waals surface area contributed by atoms with E-state index in [1.807, 2.05) is 12.1 Å². The van der Waals surface area contributed by atoms with Crippen molar-refractivity contribution in [2.75, 3.05) is 26.2 Å². The maximum Gasteiger partial charge on any atom is 0.398 e. The Morgan fingerprint density at radius 3 is 2.07 bits per heavy atom. The predicted octanol–water partition coefficient (Wildman–Crippen LogP) is -0.258. The highest BCUT2D eigenvalue weighted by molar-refractivity contribution is 6.80. The van der Waals surface area contributed by atoms with E-state index >= 15 is 0 Å². The minimum absolute atomic E-state index is 0.107. The highest BCUT2D eigenvalue weighted by atomic mass is 28.4. The number of rotatable bonds is 4. The van der Waals surface area contributed by atoms with Gasteiger partial charge in [0.2, 0.25) is 0 Å². The topological polar surface area (TPSA) is 64.7 Å². The van der Waals surface area contributed by atoms with Gasteiger partial charge in [0.15, 0.2) is 0 Å². The molecular formula is C9H15NO3Si. The average Bonchev–Trinajstić information content (AvgIpc) is 2.24. The van der Waals surface area contributed by atoms with E-state index in [1.54, 1.807) is 26.4 Å². The Bertz CT molecular complexity index is 276. The third-order valence-electron chi connectivity index (χ3n) is 2.22. The van der Waals surface area contributed by atoms with Gasteiger partial charge >= 0.3 is 8.56 Å². The fourth-order valence-corrected chi connectivity index (χ4v) is 3.03. The lowest BCUT2D eigenvalue weighted by molar-refractivity contribution is 0.211. The lowest BCUT2D eigenvalue weighted by Gasteiger charge is -2.25. The first-order valence-corrected chi connectivity index (χ1v) is 6.28. The molecular weight excluding hydrogens is 198 g/mol. The van der Waals surface area contributed by atoms with E-state index in [0.717, 1.165) is 5.19 Å². The molecule has 5 heteroatoms. The number of benzene rings is 1. The second-order valence-electron chi connectivity index (χ2n) is 2.94. The van der Waals surface area contributed by atoms with Gasteiger partial charge in [-0.2, -0.15) is 0 Å². The standard InChI is InChI=1S/C9H15NO3Si/c1-12-14(7-11,13-2)9-5-3-8(10)4-6-9/h3-6,11H,7,10H2,1-2H3. The zero-order valence-corrected chi connectivity index (χ0v) is 9.36. The largest absolute Gasteiger partial charge is 0.399 e. The van der Waals surface area contributed by atoms with Crippen molar-refractivity contribution in [2.24, 2.45) is 0 Å². The highest BCUT2D eigenvalue weighted by Gasteiger charge is 2.37. The van der Waals surface area contributed by atoms with Gasteiger partial charge in [0.1, 0.15) is 0 Å². The summed E-state index contributed by atoms with van der Waals surface area (Å²) in [4.78, 5) is 0. The summed E-state index contributed by atoms with van der Waals surface area (Å²) in [6.07, 6.45) is -0.107. The second kappa shape index (κ2) is 4.56. The van der Waals surface area contributed by atoms with Crippen LogP contribution in [0.1, 0.15) is 0 Å². The van der Waals surface area contributed by atoms with Crippen LogP contribution in [-0.4, -0.2) is 34.1 Å². The first-order chi connectivity index (χ1) is 6.68. The Morgan fingerprint density at radius 2 is 1.71 bits per heavy atom. The van der Waals surface area contributed by atoms with Gasteiger partial charge in [-0.25, -0.2) is 0 Å². The van der Waals surface area contributed by atoms with Crippen LogP contribution in [0.5, 0.6) is 0 Å². The second-order valence-corrected chi connectivity index (χ2v) is 6.16. The Hall–Kier alpha value is -0.883. The van der Waals surface area contributed by atoms with Gasteiger partial charge in [-0.05, 0) is 17.3 Å². The number of hydrogen-bond donors (Lipinski definition) is 2. The van der Waals surface area contributed by atoms with Gasteiger partial charge in [-0.1, -0.05) is 12.1 Å². The molecule has 14 heavy (non-hydrogen) atoms. The van der Waals surface area contributed by atoms with Crippen molar-refractivity contribution in [3.63, 3.8) is 0 Å². The zero-order chi connectivity index (χ0) is 10.6. The predicted molar refractivity (Wildman–Crippen MR) is 57.3 cm³/mol. The molecule has 0 bridgehead atoms. The third kappa shape index (κ3) is 1.96. The van der Waals surface area contributed by atoms with Gasteiger partial charge in [0.05, 0.1) is 6.23 Å². The number of aliphatic hydroxyl groups is 1. The monoisotopic (exact) mass is 213 g/mol. The van der Waals surface area contributed by atoms with Gasteiger partial charge in [0.25, 0.3) is 0 Å². The van der Waals surface area contributed by atoms with Crippen molar-refractivity contribution >= 4 is 19.4 Å². The molecule has 0 radical (unpaired) electrons. The van der Waals surface area contributed by atoms with E-state index < -0.39 is 8.56 Å². The molecule has 0 amide bonds. The summed E-state index contributed by atoms with van der Waals surface area (Å²) in [5.74, 6) is 0. The van der Waals surface area contributed by atoms with Crippen LogP contribution in [0.3, 0.4) is 0 Å². The van der Waals surface area contributed by atoms with E-state index in [9.17, 15) is 5.11 Å². The van der Waals surface area contributed by atoms with Gasteiger partial charge < -0.3 is 19.7 Å². The van der Waals surface area contributed by atoms with E-state index in [0.29, 0.717) is 5.69 Å². The SMILES string of the molecule is CO[Si](CO)(OC)c1ccc(N)cc1. The zero-order valence-electron chi connectivity index (χ0n) is 8.36. The summed E-state index contributed by atoms with van der Waals surface area (Å²) in [5, 5.41) is 10.2. The molecule has 0 spiro atoms. The molecule has 0 aromatic heterocycles. The number of hydrogen-bond acceptors (Lipinski definition) is 4.